The van der Waals surface area contributed by atoms with E-state index in [9.17, 15) is 9.59 Å². The topological polar surface area (TPSA) is 69.6 Å². The number of carboxylic acids is 1. The van der Waals surface area contributed by atoms with Crippen LogP contribution in [-0.4, -0.2) is 30.1 Å². The molecule has 1 aliphatic heterocycles. The van der Waals surface area contributed by atoms with Crippen LogP contribution in [0.15, 0.2) is 48.5 Å². The number of rotatable bonds is 5. The smallest absolute Gasteiger partial charge is 0.335 e. The van der Waals surface area contributed by atoms with Gasteiger partial charge in [0.15, 0.2) is 0 Å². The maximum Gasteiger partial charge on any atom is 0.335 e. The Hall–Kier alpha value is -2.82. The van der Waals surface area contributed by atoms with E-state index in [-0.39, 0.29) is 11.5 Å². The van der Waals surface area contributed by atoms with Crippen molar-refractivity contribution in [1.29, 1.82) is 0 Å². The lowest BCUT2D eigenvalue weighted by molar-refractivity contribution is 0.0697. The number of aromatic carboxylic acids is 1. The number of nitrogens with zero attached hydrogens (tertiary/aromatic N) is 1. The highest BCUT2D eigenvalue weighted by molar-refractivity contribution is 5.97. The number of carbonyl (C=O) groups is 2. The molecule has 0 aromatic heterocycles. The summed E-state index contributed by atoms with van der Waals surface area (Å²) in [6.45, 7) is 2.51. The van der Waals surface area contributed by atoms with Crippen LogP contribution < -0.4 is 10.2 Å². The number of hydrogen-bond donors (Lipinski definition) is 2. The van der Waals surface area contributed by atoms with Gasteiger partial charge in [-0.25, -0.2) is 4.79 Å². The zero-order valence-corrected chi connectivity index (χ0v) is 14.1. The summed E-state index contributed by atoms with van der Waals surface area (Å²) in [6.07, 6.45) is 3.67. The first kappa shape index (κ1) is 17.0. The molecule has 2 N–H and O–H groups in total. The van der Waals surface area contributed by atoms with Crippen LogP contribution in [0.25, 0.3) is 0 Å². The Morgan fingerprint density at radius 3 is 2.44 bits per heavy atom. The Labute approximate surface area is 147 Å². The van der Waals surface area contributed by atoms with E-state index in [0.717, 1.165) is 18.7 Å². The molecule has 1 saturated heterocycles. The molecule has 0 radical (unpaired) electrons. The predicted molar refractivity (Wildman–Crippen MR) is 97.1 cm³/mol. The molecule has 5 heteroatoms. The fraction of sp³-hybridized carbons (Fsp3) is 0.300. The molecule has 25 heavy (non-hydrogen) atoms. The molecule has 3 rings (SSSR count). The van der Waals surface area contributed by atoms with Crippen molar-refractivity contribution in [1.82, 2.24) is 5.32 Å². The van der Waals surface area contributed by atoms with Gasteiger partial charge >= 0.3 is 5.97 Å². The lowest BCUT2D eigenvalue weighted by Crippen LogP contribution is -2.31. The summed E-state index contributed by atoms with van der Waals surface area (Å²) in [5, 5.41) is 11.9. The Kier molecular flexibility index (Phi) is 5.33. The van der Waals surface area contributed by atoms with Crippen molar-refractivity contribution in [2.45, 2.75) is 25.8 Å². The standard InChI is InChI=1S/C20H22N2O3/c23-19(15-8-6-9-16(13-15)20(24)25)21-14-17-7-2-3-10-18(17)22-11-4-1-5-12-22/h2-3,6-10,13H,1,4-5,11-12,14H2,(H,21,23)(H,24,25). The van der Waals surface area contributed by atoms with Crippen molar-refractivity contribution < 1.29 is 14.7 Å². The normalized spacial score (nSPS) is 14.2. The van der Waals surface area contributed by atoms with E-state index >= 15 is 0 Å². The third-order valence-corrected chi connectivity index (χ3v) is 4.50. The van der Waals surface area contributed by atoms with Crippen LogP contribution in [0.1, 0.15) is 45.5 Å². The minimum Gasteiger partial charge on any atom is -0.478 e. The second kappa shape index (κ2) is 7.83. The highest BCUT2D eigenvalue weighted by Crippen LogP contribution is 2.24. The highest BCUT2D eigenvalue weighted by atomic mass is 16.4. The number of nitrogens with one attached hydrogen (secondary N) is 1. The molecule has 1 aliphatic rings. The zero-order chi connectivity index (χ0) is 17.6. The first-order valence-corrected chi connectivity index (χ1v) is 8.59. The maximum absolute atomic E-state index is 12.4. The first-order chi connectivity index (χ1) is 12.1. The van der Waals surface area contributed by atoms with Crippen molar-refractivity contribution in [2.24, 2.45) is 0 Å². The van der Waals surface area contributed by atoms with E-state index in [4.69, 9.17) is 5.11 Å². The minimum absolute atomic E-state index is 0.112. The molecule has 2 aromatic rings. The van der Waals surface area contributed by atoms with Gasteiger partial charge in [0.05, 0.1) is 5.56 Å². The van der Waals surface area contributed by atoms with Gasteiger partial charge in [-0.2, -0.15) is 0 Å². The van der Waals surface area contributed by atoms with Gasteiger partial charge < -0.3 is 15.3 Å². The van der Waals surface area contributed by atoms with Gasteiger partial charge in [0.25, 0.3) is 5.91 Å². The molecule has 0 spiro atoms. The third kappa shape index (κ3) is 4.18. The predicted octanol–water partition coefficient (Wildman–Crippen LogP) is 3.31. The average Bonchev–Trinajstić information content (AvgIpc) is 2.67. The van der Waals surface area contributed by atoms with E-state index in [1.54, 1.807) is 12.1 Å². The molecule has 130 valence electrons. The summed E-state index contributed by atoms with van der Waals surface area (Å²) in [5.74, 6) is -1.30. The van der Waals surface area contributed by atoms with Crippen LogP contribution in [0.2, 0.25) is 0 Å². The summed E-state index contributed by atoms with van der Waals surface area (Å²) >= 11 is 0. The number of carboxylic acid groups (broad SMARTS) is 1. The van der Waals surface area contributed by atoms with E-state index in [1.165, 1.54) is 37.1 Å². The van der Waals surface area contributed by atoms with Gasteiger partial charge in [0, 0.05) is 30.9 Å². The number of amides is 1. The van der Waals surface area contributed by atoms with Crippen LogP contribution in [0.4, 0.5) is 5.69 Å². The molecule has 1 heterocycles. The Morgan fingerprint density at radius 1 is 0.960 bits per heavy atom. The van der Waals surface area contributed by atoms with Crippen LogP contribution in [0.5, 0.6) is 0 Å². The SMILES string of the molecule is O=C(O)c1cccc(C(=O)NCc2ccccc2N2CCCCC2)c1. The molecule has 0 saturated carbocycles. The fourth-order valence-electron chi connectivity index (χ4n) is 3.17. The van der Waals surface area contributed by atoms with Crippen molar-refractivity contribution in [3.05, 3.63) is 65.2 Å². The lowest BCUT2D eigenvalue weighted by atomic mass is 10.1. The number of benzene rings is 2. The zero-order valence-electron chi connectivity index (χ0n) is 14.1. The van der Waals surface area contributed by atoms with Crippen molar-refractivity contribution in [3.63, 3.8) is 0 Å². The van der Waals surface area contributed by atoms with Crippen molar-refractivity contribution in [3.8, 4) is 0 Å². The van der Waals surface area contributed by atoms with Crippen LogP contribution in [0, 0.1) is 0 Å². The quantitative estimate of drug-likeness (QED) is 0.877. The van der Waals surface area contributed by atoms with E-state index in [0.29, 0.717) is 12.1 Å². The van der Waals surface area contributed by atoms with Crippen LogP contribution in [0.3, 0.4) is 0 Å². The molecule has 2 aromatic carbocycles. The number of carbonyl (C=O) groups excluding carboxylic acids is 1. The number of para-hydroxylation sites is 1. The molecule has 0 aliphatic carbocycles. The highest BCUT2D eigenvalue weighted by Gasteiger charge is 2.15. The van der Waals surface area contributed by atoms with E-state index < -0.39 is 5.97 Å². The Balaban J connectivity index is 1.70. The van der Waals surface area contributed by atoms with Gasteiger partial charge in [-0.3, -0.25) is 4.79 Å². The van der Waals surface area contributed by atoms with Gasteiger partial charge in [-0.1, -0.05) is 24.3 Å². The number of anilines is 1. The molecular formula is C20H22N2O3. The average molecular weight is 338 g/mol. The largest absolute Gasteiger partial charge is 0.478 e. The summed E-state index contributed by atoms with van der Waals surface area (Å²) in [4.78, 5) is 25.8. The summed E-state index contributed by atoms with van der Waals surface area (Å²) in [6, 6.07) is 14.2. The number of hydrogen-bond acceptors (Lipinski definition) is 3. The van der Waals surface area contributed by atoms with E-state index in [1.807, 2.05) is 18.2 Å². The van der Waals surface area contributed by atoms with E-state index in [2.05, 4.69) is 16.3 Å². The molecule has 1 fully saturated rings. The van der Waals surface area contributed by atoms with Crippen LogP contribution >= 0.6 is 0 Å². The second-order valence-corrected chi connectivity index (χ2v) is 6.25. The van der Waals surface area contributed by atoms with Gasteiger partial charge in [-0.05, 0) is 49.1 Å². The Morgan fingerprint density at radius 2 is 1.68 bits per heavy atom. The molecule has 0 bridgehead atoms. The van der Waals surface area contributed by atoms with Crippen molar-refractivity contribution >= 4 is 17.6 Å². The lowest BCUT2D eigenvalue weighted by Gasteiger charge is -2.30. The molecule has 1 amide bonds. The van der Waals surface area contributed by atoms with Gasteiger partial charge in [-0.15, -0.1) is 0 Å². The Bertz CT molecular complexity index is 767. The monoisotopic (exact) mass is 338 g/mol. The molecular weight excluding hydrogens is 316 g/mol. The molecule has 0 atom stereocenters. The van der Waals surface area contributed by atoms with Crippen LogP contribution in [-0.2, 0) is 6.54 Å². The van der Waals surface area contributed by atoms with Gasteiger partial charge in [0.2, 0.25) is 0 Å². The maximum atomic E-state index is 12.4. The molecule has 5 nitrogen and oxygen atoms in total. The second-order valence-electron chi connectivity index (χ2n) is 6.25. The fourth-order valence-corrected chi connectivity index (χ4v) is 3.17. The summed E-state index contributed by atoms with van der Waals surface area (Å²) in [7, 11) is 0. The van der Waals surface area contributed by atoms with Gasteiger partial charge in [0.1, 0.15) is 0 Å². The van der Waals surface area contributed by atoms with Crippen molar-refractivity contribution in [2.75, 3.05) is 18.0 Å². The first-order valence-electron chi connectivity index (χ1n) is 8.59. The minimum atomic E-state index is -1.04. The summed E-state index contributed by atoms with van der Waals surface area (Å²) in [5.41, 5.74) is 2.71. The third-order valence-electron chi connectivity index (χ3n) is 4.50. The number of piperidine rings is 1. The summed E-state index contributed by atoms with van der Waals surface area (Å²) < 4.78 is 0. The molecule has 0 unspecified atom stereocenters.